The topological polar surface area (TPSA) is 57.2 Å². The minimum atomic E-state index is -0.606. The maximum absolute atomic E-state index is 11.4. The van der Waals surface area contributed by atoms with Crippen LogP contribution in [0.25, 0.3) is 10.9 Å². The van der Waals surface area contributed by atoms with E-state index in [2.05, 4.69) is 34.6 Å². The molecule has 2 N–H and O–H groups in total. The molecule has 0 aliphatic carbocycles. The zero-order valence-electron chi connectivity index (χ0n) is 11.4. The van der Waals surface area contributed by atoms with Crippen LogP contribution in [0.3, 0.4) is 0 Å². The summed E-state index contributed by atoms with van der Waals surface area (Å²) in [5, 5.41) is 1.16. The summed E-state index contributed by atoms with van der Waals surface area (Å²) in [6.45, 7) is 3.11. The highest BCUT2D eigenvalue weighted by Gasteiger charge is 2.17. The van der Waals surface area contributed by atoms with E-state index in [1.807, 2.05) is 12.1 Å². The van der Waals surface area contributed by atoms with Crippen molar-refractivity contribution in [1.82, 2.24) is 4.57 Å². The second-order valence-electron chi connectivity index (χ2n) is 4.70. The van der Waals surface area contributed by atoms with Crippen LogP contribution in [0.4, 0.5) is 0 Å². The molecule has 0 radical (unpaired) electrons. The van der Waals surface area contributed by atoms with E-state index >= 15 is 0 Å². The standard InChI is InChI=1S/C15H20N2O2/c1-3-8-17-10-11(9-13(16)15(18)19-2)12-6-4-5-7-14(12)17/h4-7,10,13H,3,8-9,16H2,1-2H3. The number of ether oxygens (including phenoxy) is 1. The van der Waals surface area contributed by atoms with Gasteiger partial charge in [0, 0.05) is 30.1 Å². The number of fused-ring (bicyclic) bond motifs is 1. The lowest BCUT2D eigenvalue weighted by molar-refractivity contribution is -0.142. The zero-order chi connectivity index (χ0) is 13.8. The van der Waals surface area contributed by atoms with Gasteiger partial charge < -0.3 is 15.0 Å². The fourth-order valence-electron chi connectivity index (χ4n) is 2.38. The van der Waals surface area contributed by atoms with Crippen LogP contribution in [0.5, 0.6) is 0 Å². The summed E-state index contributed by atoms with van der Waals surface area (Å²) >= 11 is 0. The maximum atomic E-state index is 11.4. The maximum Gasteiger partial charge on any atom is 0.322 e. The summed E-state index contributed by atoms with van der Waals surface area (Å²) in [4.78, 5) is 11.4. The second-order valence-corrected chi connectivity index (χ2v) is 4.70. The van der Waals surface area contributed by atoms with E-state index in [1.165, 1.54) is 12.6 Å². The average Bonchev–Trinajstić information content (AvgIpc) is 2.77. The van der Waals surface area contributed by atoms with E-state index in [4.69, 9.17) is 5.73 Å². The molecular weight excluding hydrogens is 240 g/mol. The van der Waals surface area contributed by atoms with E-state index in [0.717, 1.165) is 23.9 Å². The molecule has 0 aliphatic heterocycles. The van der Waals surface area contributed by atoms with Crippen molar-refractivity contribution in [1.29, 1.82) is 0 Å². The molecule has 4 nitrogen and oxygen atoms in total. The Balaban J connectivity index is 2.35. The van der Waals surface area contributed by atoms with E-state index < -0.39 is 6.04 Å². The highest BCUT2D eigenvalue weighted by atomic mass is 16.5. The van der Waals surface area contributed by atoms with Crippen LogP contribution in [-0.4, -0.2) is 23.7 Å². The van der Waals surface area contributed by atoms with Crippen LogP contribution >= 0.6 is 0 Å². The number of carbonyl (C=O) groups excluding carboxylic acids is 1. The van der Waals surface area contributed by atoms with Crippen molar-refractivity contribution >= 4 is 16.9 Å². The Morgan fingerprint density at radius 2 is 2.16 bits per heavy atom. The van der Waals surface area contributed by atoms with Gasteiger partial charge in [0.25, 0.3) is 0 Å². The second kappa shape index (κ2) is 5.89. The Bertz CT molecular complexity index is 575. The predicted octanol–water partition coefficient (Wildman–Crippen LogP) is 2.09. The monoisotopic (exact) mass is 260 g/mol. The number of esters is 1. The third-order valence-electron chi connectivity index (χ3n) is 3.28. The van der Waals surface area contributed by atoms with Crippen LogP contribution in [0, 0.1) is 0 Å². The zero-order valence-corrected chi connectivity index (χ0v) is 11.4. The van der Waals surface area contributed by atoms with Crippen molar-refractivity contribution in [3.63, 3.8) is 0 Å². The van der Waals surface area contributed by atoms with Crippen LogP contribution in [-0.2, 0) is 22.5 Å². The lowest BCUT2D eigenvalue weighted by atomic mass is 10.1. The number of benzene rings is 1. The third kappa shape index (κ3) is 2.79. The molecule has 102 valence electrons. The van der Waals surface area contributed by atoms with E-state index in [9.17, 15) is 4.79 Å². The quantitative estimate of drug-likeness (QED) is 0.837. The van der Waals surface area contributed by atoms with Gasteiger partial charge in [-0.3, -0.25) is 4.79 Å². The number of para-hydroxylation sites is 1. The fourth-order valence-corrected chi connectivity index (χ4v) is 2.38. The fraction of sp³-hybridized carbons (Fsp3) is 0.400. The molecule has 0 fully saturated rings. The van der Waals surface area contributed by atoms with Gasteiger partial charge in [0.05, 0.1) is 7.11 Å². The smallest absolute Gasteiger partial charge is 0.322 e. The number of rotatable bonds is 5. The minimum absolute atomic E-state index is 0.368. The van der Waals surface area contributed by atoms with Gasteiger partial charge in [0.15, 0.2) is 0 Å². The van der Waals surface area contributed by atoms with Crippen molar-refractivity contribution in [2.75, 3.05) is 7.11 Å². The molecular formula is C15H20N2O2. The first-order chi connectivity index (χ1) is 9.17. The highest BCUT2D eigenvalue weighted by Crippen LogP contribution is 2.22. The number of carbonyl (C=O) groups is 1. The molecule has 1 unspecified atom stereocenters. The Kier molecular flexibility index (Phi) is 4.22. The summed E-state index contributed by atoms with van der Waals surface area (Å²) in [7, 11) is 1.36. The molecule has 0 saturated carbocycles. The van der Waals surface area contributed by atoms with Gasteiger partial charge in [-0.25, -0.2) is 0 Å². The van der Waals surface area contributed by atoms with Crippen LogP contribution in [0.2, 0.25) is 0 Å². The molecule has 19 heavy (non-hydrogen) atoms. The highest BCUT2D eigenvalue weighted by molar-refractivity contribution is 5.85. The first-order valence-corrected chi connectivity index (χ1v) is 6.57. The van der Waals surface area contributed by atoms with Gasteiger partial charge in [0.2, 0.25) is 0 Å². The molecule has 0 aliphatic rings. The van der Waals surface area contributed by atoms with Crippen molar-refractivity contribution < 1.29 is 9.53 Å². The molecule has 0 spiro atoms. The van der Waals surface area contributed by atoms with E-state index in [-0.39, 0.29) is 5.97 Å². The molecule has 1 aromatic carbocycles. The summed E-state index contributed by atoms with van der Waals surface area (Å²) in [6, 6.07) is 7.59. The number of methoxy groups -OCH3 is 1. The number of aryl methyl sites for hydroxylation is 1. The Hall–Kier alpha value is -1.81. The normalized spacial score (nSPS) is 12.6. The van der Waals surface area contributed by atoms with Crippen molar-refractivity contribution in [2.45, 2.75) is 32.4 Å². The Labute approximate surface area is 113 Å². The molecule has 0 saturated heterocycles. The molecule has 1 atom stereocenters. The van der Waals surface area contributed by atoms with Crippen LogP contribution in [0.1, 0.15) is 18.9 Å². The summed E-state index contributed by atoms with van der Waals surface area (Å²) in [5.74, 6) is -0.368. The number of aromatic nitrogens is 1. The molecule has 2 aromatic rings. The van der Waals surface area contributed by atoms with E-state index in [0.29, 0.717) is 6.42 Å². The van der Waals surface area contributed by atoms with Gasteiger partial charge in [-0.2, -0.15) is 0 Å². The molecule has 0 bridgehead atoms. The Morgan fingerprint density at radius 1 is 1.42 bits per heavy atom. The molecule has 0 amide bonds. The molecule has 2 rings (SSSR count). The first-order valence-electron chi connectivity index (χ1n) is 6.57. The predicted molar refractivity (Wildman–Crippen MR) is 75.9 cm³/mol. The van der Waals surface area contributed by atoms with Crippen molar-refractivity contribution in [2.24, 2.45) is 5.73 Å². The molecule has 1 aromatic heterocycles. The van der Waals surface area contributed by atoms with Gasteiger partial charge in [-0.15, -0.1) is 0 Å². The van der Waals surface area contributed by atoms with Gasteiger partial charge in [-0.05, 0) is 18.1 Å². The minimum Gasteiger partial charge on any atom is -0.468 e. The summed E-state index contributed by atoms with van der Waals surface area (Å²) in [5.41, 5.74) is 8.14. The summed E-state index contributed by atoms with van der Waals surface area (Å²) < 4.78 is 6.90. The van der Waals surface area contributed by atoms with Crippen LogP contribution in [0.15, 0.2) is 30.5 Å². The van der Waals surface area contributed by atoms with Gasteiger partial charge in [0.1, 0.15) is 6.04 Å². The van der Waals surface area contributed by atoms with Gasteiger partial charge in [-0.1, -0.05) is 25.1 Å². The lowest BCUT2D eigenvalue weighted by Crippen LogP contribution is -2.33. The molecule has 1 heterocycles. The third-order valence-corrected chi connectivity index (χ3v) is 3.28. The van der Waals surface area contributed by atoms with Crippen LogP contribution < -0.4 is 5.73 Å². The number of hydrogen-bond donors (Lipinski definition) is 1. The number of nitrogens with two attached hydrogens (primary N) is 1. The lowest BCUT2D eigenvalue weighted by Gasteiger charge is -2.07. The number of hydrogen-bond acceptors (Lipinski definition) is 3. The Morgan fingerprint density at radius 3 is 2.84 bits per heavy atom. The summed E-state index contributed by atoms with van der Waals surface area (Å²) in [6.07, 6.45) is 3.67. The molecule has 4 heteroatoms. The average molecular weight is 260 g/mol. The first kappa shape index (κ1) is 13.6. The van der Waals surface area contributed by atoms with Crippen molar-refractivity contribution in [3.8, 4) is 0 Å². The SMILES string of the molecule is CCCn1cc(CC(N)C(=O)OC)c2ccccc21. The van der Waals surface area contributed by atoms with Crippen molar-refractivity contribution in [3.05, 3.63) is 36.0 Å². The number of nitrogens with zero attached hydrogens (tertiary/aromatic N) is 1. The van der Waals surface area contributed by atoms with Gasteiger partial charge >= 0.3 is 5.97 Å². The largest absolute Gasteiger partial charge is 0.468 e. The van der Waals surface area contributed by atoms with E-state index in [1.54, 1.807) is 0 Å².